The number of rotatable bonds is 4. The van der Waals surface area contributed by atoms with Crippen LogP contribution in [0.25, 0.3) is 0 Å². The highest BCUT2D eigenvalue weighted by Crippen LogP contribution is 3.13. The summed E-state index contributed by atoms with van der Waals surface area (Å²) in [6, 6.07) is 17.6. The summed E-state index contributed by atoms with van der Waals surface area (Å²) in [4.78, 5) is -1.25. The molecule has 2 saturated heterocycles. The van der Waals surface area contributed by atoms with Crippen LogP contribution in [0.4, 0.5) is 0 Å². The quantitative estimate of drug-likeness (QED) is 0.424. The molecule has 0 radical (unpaired) electrons. The maximum Gasteiger partial charge on any atom is 0.281 e. The number of hydrogen-bond acceptors (Lipinski definition) is 6. The Labute approximate surface area is 159 Å². The van der Waals surface area contributed by atoms with Gasteiger partial charge in [0, 0.05) is 0 Å². The minimum absolute atomic E-state index is 0.942. The first-order chi connectivity index (χ1) is 11.7. The first-order valence-corrected chi connectivity index (χ1v) is 18.2. The van der Waals surface area contributed by atoms with Crippen LogP contribution in [0.3, 0.4) is 0 Å². The lowest BCUT2D eigenvalue weighted by atomic mass is 10.3. The minimum atomic E-state index is -1.25. The molecule has 126 valence electrons. The summed E-state index contributed by atoms with van der Waals surface area (Å²) in [7, 11) is 7.80. The molecule has 24 heavy (non-hydrogen) atoms. The molecule has 0 aromatic heterocycles. The molecule has 0 aliphatic carbocycles. The van der Waals surface area contributed by atoms with Crippen LogP contribution in [-0.4, -0.2) is 26.1 Å². The fourth-order valence-corrected chi connectivity index (χ4v) is 59.1. The van der Waals surface area contributed by atoms with Gasteiger partial charge < -0.3 is 9.47 Å². The average Bonchev–Trinajstić information content (AvgIpc) is 2.94. The van der Waals surface area contributed by atoms with Gasteiger partial charge in [0.05, 0.1) is 31.4 Å². The summed E-state index contributed by atoms with van der Waals surface area (Å²) >= 11 is 4.51. The van der Waals surface area contributed by atoms with E-state index in [0.29, 0.717) is 0 Å². The third-order valence-corrected chi connectivity index (χ3v) is 40.5. The van der Waals surface area contributed by atoms with Gasteiger partial charge in [-0.05, 0) is 48.5 Å². The van der Waals surface area contributed by atoms with E-state index in [1.54, 1.807) is 14.2 Å². The predicted molar refractivity (Wildman–Crippen MR) is 119 cm³/mol. The van der Waals surface area contributed by atoms with Crippen molar-refractivity contribution in [2.24, 2.45) is 0 Å². The van der Waals surface area contributed by atoms with E-state index >= 15 is 0 Å². The van der Waals surface area contributed by atoms with E-state index in [4.69, 9.17) is 9.47 Å². The van der Waals surface area contributed by atoms with Crippen LogP contribution in [0.5, 0.6) is 11.5 Å². The molecule has 2 bridgehead atoms. The van der Waals surface area contributed by atoms with Gasteiger partial charge in [-0.1, -0.05) is 0 Å². The lowest BCUT2D eigenvalue weighted by Gasteiger charge is -2.21. The fraction of sp³-hybridized carbons (Fsp3) is 0.250. The van der Waals surface area contributed by atoms with E-state index in [-0.39, 0.29) is 0 Å². The highest BCUT2D eigenvalue weighted by atomic mass is 33.8. The molecule has 2 fully saturated rings. The van der Waals surface area contributed by atoms with Crippen molar-refractivity contribution in [3.05, 3.63) is 48.5 Å². The van der Waals surface area contributed by atoms with Crippen molar-refractivity contribution in [3.8, 4) is 11.5 Å². The van der Waals surface area contributed by atoms with Crippen molar-refractivity contribution in [1.29, 1.82) is 0 Å². The van der Waals surface area contributed by atoms with Crippen molar-refractivity contribution in [2.75, 3.05) is 26.1 Å². The summed E-state index contributed by atoms with van der Waals surface area (Å²) in [5.74, 6) is 3.16. The number of fused-ring (bicyclic) bond motifs is 2. The van der Waals surface area contributed by atoms with E-state index < -0.39 is 10.5 Å². The topological polar surface area (TPSA) is 18.5 Å². The Balaban J connectivity index is 1.65. The van der Waals surface area contributed by atoms with Crippen LogP contribution < -0.4 is 20.1 Å². The zero-order valence-electron chi connectivity index (χ0n) is 13.4. The Bertz CT molecular complexity index is 666. The lowest BCUT2D eigenvalue weighted by Crippen LogP contribution is -2.12. The molecule has 0 amide bonds. The molecular weight excluding hydrogens is 414 g/mol. The summed E-state index contributed by atoms with van der Waals surface area (Å²) in [6.07, 6.45) is 1.32. The smallest absolute Gasteiger partial charge is 0.281 e. The summed E-state index contributed by atoms with van der Waals surface area (Å²) in [5.41, 5.74) is -1.19. The van der Waals surface area contributed by atoms with Gasteiger partial charge in [0.2, 0.25) is 16.7 Å². The molecule has 0 saturated carbocycles. The third kappa shape index (κ3) is 3.08. The van der Waals surface area contributed by atoms with E-state index in [1.807, 2.05) is 0 Å². The monoisotopic (exact) mass is 432 g/mol. The largest absolute Gasteiger partial charge is 0.497 e. The van der Waals surface area contributed by atoms with Crippen LogP contribution in [0.2, 0.25) is 0 Å². The Kier molecular flexibility index (Phi) is 5.26. The second-order valence-electron chi connectivity index (χ2n) is 5.35. The van der Waals surface area contributed by atoms with Gasteiger partial charge in [-0.3, -0.25) is 0 Å². The standard InChI is InChI=1S/C16H18O2P2S4/c1-17-13-3-7-15(8-4-13)19-11-12-21-20(22-19,24-23-19)16-9-5-14(18-2)6-10-16/h3-10H,11-12H2,1-2H3/q+2. The summed E-state index contributed by atoms with van der Waals surface area (Å²) in [6.45, 7) is 0. The molecule has 2 aromatic rings. The molecule has 4 rings (SSSR count). The van der Waals surface area contributed by atoms with Crippen molar-refractivity contribution in [2.45, 2.75) is 0 Å². The van der Waals surface area contributed by atoms with Gasteiger partial charge in [-0.2, -0.15) is 0 Å². The van der Waals surface area contributed by atoms with Crippen molar-refractivity contribution in [1.82, 2.24) is 0 Å². The number of hydrogen-bond donors (Lipinski definition) is 0. The first-order valence-electron chi connectivity index (χ1n) is 7.50. The maximum absolute atomic E-state index is 5.33. The first kappa shape index (κ1) is 17.7. The van der Waals surface area contributed by atoms with Crippen molar-refractivity contribution < 1.29 is 9.47 Å². The van der Waals surface area contributed by atoms with Crippen molar-refractivity contribution in [3.63, 3.8) is 0 Å². The molecule has 2 aromatic carbocycles. The lowest BCUT2D eigenvalue weighted by molar-refractivity contribution is 0.415. The Morgan fingerprint density at radius 1 is 0.792 bits per heavy atom. The molecule has 2 nitrogen and oxygen atoms in total. The van der Waals surface area contributed by atoms with Crippen molar-refractivity contribution >= 4 is 64.4 Å². The van der Waals surface area contributed by atoms with Crippen LogP contribution in [-0.2, 0) is 0 Å². The van der Waals surface area contributed by atoms with Gasteiger partial charge in [0.25, 0.3) is 4.87 Å². The highest BCUT2D eigenvalue weighted by molar-refractivity contribution is 9.56. The molecule has 0 spiro atoms. The molecular formula is C16H18O2P2S4+2. The molecule has 2 aliphatic rings. The summed E-state index contributed by atoms with van der Waals surface area (Å²) in [5, 5.41) is 3.03. The molecule has 0 N–H and O–H groups in total. The summed E-state index contributed by atoms with van der Waals surface area (Å²) < 4.78 is 10.7. The normalized spacial score (nSPS) is 28.6. The maximum atomic E-state index is 5.33. The molecule has 2 heterocycles. The van der Waals surface area contributed by atoms with Gasteiger partial charge >= 0.3 is 0 Å². The van der Waals surface area contributed by atoms with E-state index in [1.165, 1.54) is 22.5 Å². The zero-order valence-corrected chi connectivity index (χ0v) is 18.4. The van der Waals surface area contributed by atoms with Gasteiger partial charge in [0.15, 0.2) is 20.8 Å². The molecule has 2 aliphatic heterocycles. The minimum Gasteiger partial charge on any atom is -0.497 e. The second kappa shape index (κ2) is 7.13. The SMILES string of the molecule is COc1ccc([P+]23CCS[P+](c4ccc(OC)cc4)(SS2)S3)cc1. The predicted octanol–water partition coefficient (Wildman–Crippen LogP) is 6.14. The molecule has 8 heteroatoms. The van der Waals surface area contributed by atoms with Gasteiger partial charge in [0.1, 0.15) is 28.3 Å². The van der Waals surface area contributed by atoms with Gasteiger partial charge in [-0.15, -0.1) is 0 Å². The number of methoxy groups -OCH3 is 2. The Morgan fingerprint density at radius 2 is 1.38 bits per heavy atom. The van der Waals surface area contributed by atoms with E-state index in [9.17, 15) is 0 Å². The second-order valence-corrected chi connectivity index (χ2v) is 28.1. The Morgan fingerprint density at radius 3 is 1.96 bits per heavy atom. The zero-order chi connectivity index (χ0) is 16.6. The van der Waals surface area contributed by atoms with Gasteiger partial charge in [-0.25, -0.2) is 0 Å². The van der Waals surface area contributed by atoms with Crippen LogP contribution in [0.15, 0.2) is 48.5 Å². The van der Waals surface area contributed by atoms with Crippen LogP contribution in [0, 0.1) is 0 Å². The fourth-order valence-electron chi connectivity index (χ4n) is 2.66. The van der Waals surface area contributed by atoms with E-state index in [2.05, 4.69) is 91.7 Å². The number of ether oxygens (including phenoxy) is 2. The van der Waals surface area contributed by atoms with Crippen LogP contribution in [0.1, 0.15) is 0 Å². The number of benzene rings is 2. The molecule has 2 atom stereocenters. The highest BCUT2D eigenvalue weighted by Gasteiger charge is 2.73. The van der Waals surface area contributed by atoms with Crippen LogP contribution >= 0.6 is 53.7 Å². The molecule has 2 unspecified atom stereocenters. The van der Waals surface area contributed by atoms with E-state index in [0.717, 1.165) is 11.5 Å². The average molecular weight is 433 g/mol. The third-order valence-electron chi connectivity index (χ3n) is 3.99. The Hall–Kier alpha value is 0.300.